The van der Waals surface area contributed by atoms with Crippen LogP contribution < -0.4 is 11.1 Å². The van der Waals surface area contributed by atoms with Crippen LogP contribution in [0.1, 0.15) is 12.8 Å². The minimum Gasteiger partial charge on any atom is -0.382 e. The molecule has 0 saturated carbocycles. The van der Waals surface area contributed by atoms with E-state index in [1.54, 1.807) is 11.8 Å². The van der Waals surface area contributed by atoms with E-state index in [4.69, 9.17) is 5.73 Å². The van der Waals surface area contributed by atoms with Gasteiger partial charge in [-0.1, -0.05) is 0 Å². The van der Waals surface area contributed by atoms with E-state index < -0.39 is 0 Å². The monoisotopic (exact) mass is 272 g/mol. The van der Waals surface area contributed by atoms with Crippen molar-refractivity contribution < 1.29 is 4.79 Å². The van der Waals surface area contributed by atoms with Gasteiger partial charge in [0.1, 0.15) is 5.00 Å². The van der Waals surface area contributed by atoms with E-state index in [9.17, 15) is 4.79 Å². The summed E-state index contributed by atoms with van der Waals surface area (Å²) in [6.45, 7) is 2.11. The highest BCUT2D eigenvalue weighted by Crippen LogP contribution is 2.34. The van der Waals surface area contributed by atoms with Gasteiger partial charge >= 0.3 is 0 Å². The summed E-state index contributed by atoms with van der Waals surface area (Å²) in [5.41, 5.74) is 5.72. The maximum Gasteiger partial charge on any atom is 0.241 e. The molecule has 7 heteroatoms. The SMILES string of the molecule is CSc1c(N)nsc1NCC(=O)N1CCCC1. The maximum atomic E-state index is 11.8. The first-order chi connectivity index (χ1) is 8.22. The number of hydrogen-bond donors (Lipinski definition) is 2. The Bertz CT molecular complexity index is 401. The van der Waals surface area contributed by atoms with Crippen LogP contribution in [0.15, 0.2) is 4.90 Å². The number of nitrogen functional groups attached to an aromatic ring is 1. The molecule has 0 unspecified atom stereocenters. The van der Waals surface area contributed by atoms with E-state index in [2.05, 4.69) is 9.69 Å². The molecule has 1 fully saturated rings. The predicted molar refractivity (Wildman–Crippen MR) is 72.6 cm³/mol. The van der Waals surface area contributed by atoms with E-state index in [0.717, 1.165) is 35.8 Å². The van der Waals surface area contributed by atoms with Crippen molar-refractivity contribution in [1.82, 2.24) is 9.27 Å². The molecule has 1 saturated heterocycles. The van der Waals surface area contributed by atoms with Gasteiger partial charge in [-0.15, -0.1) is 11.8 Å². The molecule has 94 valence electrons. The van der Waals surface area contributed by atoms with Crippen LogP contribution in [0.5, 0.6) is 0 Å². The molecule has 2 rings (SSSR count). The van der Waals surface area contributed by atoms with E-state index in [-0.39, 0.29) is 5.91 Å². The van der Waals surface area contributed by atoms with Crippen molar-refractivity contribution in [3.8, 4) is 0 Å². The third kappa shape index (κ3) is 2.84. The second-order valence-corrected chi connectivity index (χ2v) is 5.46. The number of rotatable bonds is 4. The van der Waals surface area contributed by atoms with Crippen LogP contribution in [0.3, 0.4) is 0 Å². The van der Waals surface area contributed by atoms with Gasteiger partial charge in [-0.3, -0.25) is 4.79 Å². The van der Waals surface area contributed by atoms with Crippen LogP contribution in [0, 0.1) is 0 Å². The van der Waals surface area contributed by atoms with Crippen LogP contribution in [-0.4, -0.2) is 41.1 Å². The van der Waals surface area contributed by atoms with Gasteiger partial charge in [0.05, 0.1) is 11.4 Å². The predicted octanol–water partition coefficient (Wildman–Crippen LogP) is 1.48. The van der Waals surface area contributed by atoms with Crippen LogP contribution in [0.4, 0.5) is 10.8 Å². The molecule has 5 nitrogen and oxygen atoms in total. The number of aromatic nitrogens is 1. The first kappa shape index (κ1) is 12.5. The first-order valence-electron chi connectivity index (χ1n) is 5.53. The lowest BCUT2D eigenvalue weighted by Crippen LogP contribution is -2.32. The highest BCUT2D eigenvalue weighted by Gasteiger charge is 2.18. The third-order valence-electron chi connectivity index (χ3n) is 2.74. The van der Waals surface area contributed by atoms with Crippen LogP contribution >= 0.6 is 23.3 Å². The Morgan fingerprint density at radius 2 is 2.29 bits per heavy atom. The van der Waals surface area contributed by atoms with Crippen molar-refractivity contribution in [1.29, 1.82) is 0 Å². The summed E-state index contributed by atoms with van der Waals surface area (Å²) >= 11 is 2.86. The van der Waals surface area contributed by atoms with Crippen molar-refractivity contribution in [3.05, 3.63) is 0 Å². The Hall–Kier alpha value is -0.950. The van der Waals surface area contributed by atoms with Crippen LogP contribution in [0.2, 0.25) is 0 Å². The average molecular weight is 272 g/mol. The summed E-state index contributed by atoms with van der Waals surface area (Å²) in [7, 11) is 0. The molecule has 0 atom stereocenters. The van der Waals surface area contributed by atoms with Crippen molar-refractivity contribution >= 4 is 40.0 Å². The molecule has 3 N–H and O–H groups in total. The molecule has 1 aliphatic rings. The average Bonchev–Trinajstić information content (AvgIpc) is 2.95. The molecule has 0 radical (unpaired) electrons. The molecule has 0 bridgehead atoms. The number of nitrogens with two attached hydrogens (primary N) is 1. The Labute approximate surface area is 109 Å². The number of anilines is 2. The molecular formula is C10H16N4OS2. The molecule has 1 amide bonds. The Morgan fingerprint density at radius 3 is 2.94 bits per heavy atom. The zero-order chi connectivity index (χ0) is 12.3. The second kappa shape index (κ2) is 5.59. The molecule has 17 heavy (non-hydrogen) atoms. The highest BCUT2D eigenvalue weighted by molar-refractivity contribution is 7.99. The van der Waals surface area contributed by atoms with Gasteiger partial charge in [0.15, 0.2) is 5.82 Å². The minimum absolute atomic E-state index is 0.154. The minimum atomic E-state index is 0.154. The zero-order valence-electron chi connectivity index (χ0n) is 9.73. The maximum absolute atomic E-state index is 11.8. The highest BCUT2D eigenvalue weighted by atomic mass is 32.2. The number of amides is 1. The van der Waals surface area contributed by atoms with Crippen LogP contribution in [0.25, 0.3) is 0 Å². The van der Waals surface area contributed by atoms with E-state index in [0.29, 0.717) is 12.4 Å². The number of thioether (sulfide) groups is 1. The quantitative estimate of drug-likeness (QED) is 0.812. The summed E-state index contributed by atoms with van der Waals surface area (Å²) < 4.78 is 4.07. The fourth-order valence-electron chi connectivity index (χ4n) is 1.84. The molecule has 0 spiro atoms. The Balaban J connectivity index is 1.90. The van der Waals surface area contributed by atoms with Gasteiger partial charge in [-0.25, -0.2) is 0 Å². The van der Waals surface area contributed by atoms with E-state index >= 15 is 0 Å². The number of carbonyl (C=O) groups excluding carboxylic acids is 1. The third-order valence-corrected chi connectivity index (χ3v) is 4.51. The summed E-state index contributed by atoms with van der Waals surface area (Å²) in [5, 5.41) is 4.02. The second-order valence-electron chi connectivity index (χ2n) is 3.87. The largest absolute Gasteiger partial charge is 0.382 e. The lowest BCUT2D eigenvalue weighted by Gasteiger charge is -2.15. The fraction of sp³-hybridized carbons (Fsp3) is 0.600. The van der Waals surface area contributed by atoms with Crippen molar-refractivity contribution in [2.45, 2.75) is 17.7 Å². The molecule has 1 aliphatic heterocycles. The number of nitrogens with one attached hydrogen (secondary N) is 1. The zero-order valence-corrected chi connectivity index (χ0v) is 11.4. The Morgan fingerprint density at radius 1 is 1.59 bits per heavy atom. The molecule has 1 aromatic rings. The molecule has 0 aromatic carbocycles. The fourth-order valence-corrected chi connectivity index (χ4v) is 3.38. The lowest BCUT2D eigenvalue weighted by atomic mass is 10.4. The number of likely N-dealkylation sites (tertiary alicyclic amines) is 1. The number of carbonyl (C=O) groups is 1. The van der Waals surface area contributed by atoms with Gasteiger partial charge in [0, 0.05) is 13.1 Å². The number of hydrogen-bond acceptors (Lipinski definition) is 6. The van der Waals surface area contributed by atoms with Gasteiger partial charge in [-0.05, 0) is 30.6 Å². The topological polar surface area (TPSA) is 71.2 Å². The van der Waals surface area contributed by atoms with E-state index in [1.807, 2.05) is 11.2 Å². The van der Waals surface area contributed by atoms with Gasteiger partial charge in [-0.2, -0.15) is 4.37 Å². The van der Waals surface area contributed by atoms with Crippen molar-refractivity contribution in [2.24, 2.45) is 0 Å². The van der Waals surface area contributed by atoms with Crippen LogP contribution in [-0.2, 0) is 4.79 Å². The lowest BCUT2D eigenvalue weighted by molar-refractivity contribution is -0.128. The molecule has 2 heterocycles. The normalized spacial score (nSPS) is 15.2. The van der Waals surface area contributed by atoms with E-state index in [1.165, 1.54) is 11.5 Å². The van der Waals surface area contributed by atoms with Crippen molar-refractivity contribution in [3.63, 3.8) is 0 Å². The summed E-state index contributed by atoms with van der Waals surface area (Å²) in [5.74, 6) is 0.695. The summed E-state index contributed by atoms with van der Waals surface area (Å²) in [4.78, 5) is 14.7. The summed E-state index contributed by atoms with van der Waals surface area (Å²) in [6, 6.07) is 0. The number of nitrogens with zero attached hydrogens (tertiary/aromatic N) is 2. The molecular weight excluding hydrogens is 256 g/mol. The van der Waals surface area contributed by atoms with Gasteiger partial charge in [0.2, 0.25) is 5.91 Å². The Kier molecular flexibility index (Phi) is 4.11. The molecule has 1 aromatic heterocycles. The van der Waals surface area contributed by atoms with Gasteiger partial charge < -0.3 is 16.0 Å². The first-order valence-corrected chi connectivity index (χ1v) is 7.53. The standard InChI is InChI=1S/C10H16N4OS2/c1-16-8-9(11)13-17-10(8)12-6-7(15)14-4-2-3-5-14/h12H,2-6H2,1H3,(H2,11,13). The molecule has 0 aliphatic carbocycles. The van der Waals surface area contributed by atoms with Crippen molar-refractivity contribution in [2.75, 3.05) is 36.9 Å². The smallest absolute Gasteiger partial charge is 0.241 e. The van der Waals surface area contributed by atoms with Gasteiger partial charge in [0.25, 0.3) is 0 Å². The summed E-state index contributed by atoms with van der Waals surface area (Å²) in [6.07, 6.45) is 4.19.